The summed E-state index contributed by atoms with van der Waals surface area (Å²) in [5.41, 5.74) is 7.64. The summed E-state index contributed by atoms with van der Waals surface area (Å²) in [5, 5.41) is 9.89. The first-order valence-electron chi connectivity index (χ1n) is 9.07. The van der Waals surface area contributed by atoms with Gasteiger partial charge in [0.1, 0.15) is 11.8 Å². The molecule has 0 aliphatic carbocycles. The third kappa shape index (κ3) is 5.38. The topological polar surface area (TPSA) is 107 Å². The van der Waals surface area contributed by atoms with Crippen LogP contribution in [0.4, 0.5) is 0 Å². The van der Waals surface area contributed by atoms with Gasteiger partial charge in [0.2, 0.25) is 5.88 Å². The van der Waals surface area contributed by atoms with Crippen LogP contribution in [0.3, 0.4) is 0 Å². The lowest BCUT2D eigenvalue weighted by Gasteiger charge is -2.13. The number of ether oxygens (including phenoxy) is 3. The molecule has 9 heteroatoms. The number of methoxy groups -OCH3 is 2. The van der Waals surface area contributed by atoms with E-state index in [1.807, 2.05) is 30.3 Å². The van der Waals surface area contributed by atoms with Gasteiger partial charge in [0.15, 0.2) is 15.5 Å². The maximum absolute atomic E-state index is 11.5. The number of rotatable bonds is 8. The number of carbonyl (C=O) groups excluding carboxylic acids is 1. The van der Waals surface area contributed by atoms with Gasteiger partial charge in [0, 0.05) is 6.42 Å². The fraction of sp³-hybridized carbons (Fsp3) is 0.238. The molecule has 158 valence electrons. The summed E-state index contributed by atoms with van der Waals surface area (Å²) < 4.78 is 16.6. The number of nitrogens with one attached hydrogen (secondary N) is 1. The van der Waals surface area contributed by atoms with E-state index in [4.69, 9.17) is 27.4 Å². The van der Waals surface area contributed by atoms with Gasteiger partial charge >= 0.3 is 5.97 Å². The van der Waals surface area contributed by atoms with Crippen molar-refractivity contribution in [2.45, 2.75) is 18.9 Å². The first-order chi connectivity index (χ1) is 14.4. The van der Waals surface area contributed by atoms with Crippen LogP contribution in [0, 0.1) is 3.95 Å². The third-order valence-corrected chi connectivity index (χ3v) is 5.63. The highest BCUT2D eigenvalue weighted by molar-refractivity contribution is 7.73. The summed E-state index contributed by atoms with van der Waals surface area (Å²) in [6.45, 7) is 0. The second-order valence-corrected chi connectivity index (χ2v) is 8.30. The Hall–Kier alpha value is -2.88. The fourth-order valence-corrected chi connectivity index (χ4v) is 4.03. The molecule has 30 heavy (non-hydrogen) atoms. The molecule has 1 atom stereocenters. The van der Waals surface area contributed by atoms with Crippen molar-refractivity contribution in [3.05, 3.63) is 62.4 Å². The SMILES string of the molecule is COC(=O)[C@@H](N)Cc1ccc(Oc2ccc(Cc3sc(=S)[nH]c3O)cc2OC)cc1. The summed E-state index contributed by atoms with van der Waals surface area (Å²) in [7, 11) is 2.89. The smallest absolute Gasteiger partial charge is 0.322 e. The maximum atomic E-state index is 11.5. The molecule has 4 N–H and O–H groups in total. The van der Waals surface area contributed by atoms with Crippen molar-refractivity contribution in [1.82, 2.24) is 4.98 Å². The van der Waals surface area contributed by atoms with Gasteiger partial charge in [-0.2, -0.15) is 0 Å². The largest absolute Gasteiger partial charge is 0.494 e. The Labute approximate surface area is 183 Å². The standard InChI is InChI=1S/C21H22N2O5S2/c1-26-17-10-13(11-18-19(24)23-21(29)30-18)5-8-16(17)28-14-6-3-12(4-7-14)9-15(22)20(25)27-2/h3-8,10,15,24H,9,11,22H2,1-2H3,(H,23,29)/t15-/m0/s1. The van der Waals surface area contributed by atoms with Crippen LogP contribution in [-0.2, 0) is 22.4 Å². The second-order valence-electron chi connectivity index (χ2n) is 6.53. The number of aromatic nitrogens is 1. The summed E-state index contributed by atoms with van der Waals surface area (Å²) in [5.74, 6) is 1.40. The van der Waals surface area contributed by atoms with Gasteiger partial charge in [-0.1, -0.05) is 18.2 Å². The van der Waals surface area contributed by atoms with Gasteiger partial charge in [-0.25, -0.2) is 0 Å². The lowest BCUT2D eigenvalue weighted by atomic mass is 10.1. The van der Waals surface area contributed by atoms with Crippen LogP contribution < -0.4 is 15.2 Å². The highest BCUT2D eigenvalue weighted by atomic mass is 32.1. The normalized spacial score (nSPS) is 11.7. The van der Waals surface area contributed by atoms with Crippen LogP contribution in [0.25, 0.3) is 0 Å². The summed E-state index contributed by atoms with van der Waals surface area (Å²) in [4.78, 5) is 14.9. The molecule has 0 bridgehead atoms. The van der Waals surface area contributed by atoms with Gasteiger partial charge in [0.05, 0.1) is 19.1 Å². The molecule has 0 saturated heterocycles. The molecule has 0 radical (unpaired) electrons. The van der Waals surface area contributed by atoms with Crippen LogP contribution in [0.2, 0.25) is 0 Å². The predicted octanol–water partition coefficient (Wildman–Crippen LogP) is 3.95. The Bertz CT molecular complexity index is 1080. The lowest BCUT2D eigenvalue weighted by molar-refractivity contribution is -0.142. The zero-order valence-electron chi connectivity index (χ0n) is 16.5. The highest BCUT2D eigenvalue weighted by Crippen LogP contribution is 2.34. The molecular formula is C21H22N2O5S2. The lowest BCUT2D eigenvalue weighted by Crippen LogP contribution is -2.33. The van der Waals surface area contributed by atoms with Crippen LogP contribution in [0.15, 0.2) is 42.5 Å². The zero-order chi connectivity index (χ0) is 21.7. The van der Waals surface area contributed by atoms with Gasteiger partial charge in [-0.05, 0) is 54.0 Å². The number of H-pyrrole nitrogens is 1. The molecule has 0 amide bonds. The number of esters is 1. The van der Waals surface area contributed by atoms with Crippen molar-refractivity contribution < 1.29 is 24.1 Å². The minimum Gasteiger partial charge on any atom is -0.494 e. The molecule has 1 heterocycles. The second kappa shape index (κ2) is 9.75. The molecule has 3 aromatic rings. The van der Waals surface area contributed by atoms with Crippen LogP contribution in [0.1, 0.15) is 16.0 Å². The van der Waals surface area contributed by atoms with E-state index >= 15 is 0 Å². The van der Waals surface area contributed by atoms with Crippen LogP contribution in [0.5, 0.6) is 23.1 Å². The molecular weight excluding hydrogens is 424 g/mol. The summed E-state index contributed by atoms with van der Waals surface area (Å²) >= 11 is 6.40. The molecule has 7 nitrogen and oxygen atoms in total. The van der Waals surface area contributed by atoms with E-state index in [9.17, 15) is 9.90 Å². The average molecular weight is 447 g/mol. The number of hydrogen-bond acceptors (Lipinski definition) is 8. The molecule has 0 unspecified atom stereocenters. The minimum absolute atomic E-state index is 0.0938. The molecule has 1 aromatic heterocycles. The molecule has 0 aliphatic rings. The Morgan fingerprint density at radius 2 is 1.87 bits per heavy atom. The van der Waals surface area contributed by atoms with E-state index in [-0.39, 0.29) is 5.88 Å². The molecule has 0 aliphatic heterocycles. The number of benzene rings is 2. The minimum atomic E-state index is -0.702. The Kier molecular flexibility index (Phi) is 7.09. The first-order valence-corrected chi connectivity index (χ1v) is 10.3. The number of thiazole rings is 1. The van der Waals surface area contributed by atoms with Crippen LogP contribution >= 0.6 is 23.6 Å². The van der Waals surface area contributed by atoms with E-state index < -0.39 is 12.0 Å². The van der Waals surface area contributed by atoms with Crippen molar-refractivity contribution in [2.75, 3.05) is 14.2 Å². The van der Waals surface area contributed by atoms with E-state index in [1.165, 1.54) is 18.4 Å². The number of nitrogens with two attached hydrogens (primary N) is 1. The van der Waals surface area contributed by atoms with E-state index in [1.54, 1.807) is 19.2 Å². The maximum Gasteiger partial charge on any atom is 0.322 e. The number of hydrogen-bond donors (Lipinski definition) is 3. The average Bonchev–Trinajstić information content (AvgIpc) is 3.06. The summed E-state index contributed by atoms with van der Waals surface area (Å²) in [6.07, 6.45) is 0.902. The number of aromatic hydroxyl groups is 1. The predicted molar refractivity (Wildman–Crippen MR) is 117 cm³/mol. The zero-order valence-corrected chi connectivity index (χ0v) is 18.1. The Morgan fingerprint density at radius 3 is 2.47 bits per heavy atom. The molecule has 0 spiro atoms. The monoisotopic (exact) mass is 446 g/mol. The molecule has 3 rings (SSSR count). The van der Waals surface area contributed by atoms with Crippen LogP contribution in [-0.4, -0.2) is 36.3 Å². The van der Waals surface area contributed by atoms with Gasteiger partial charge in [-0.3, -0.25) is 4.79 Å². The van der Waals surface area contributed by atoms with Crippen molar-refractivity contribution in [2.24, 2.45) is 5.73 Å². The highest BCUT2D eigenvalue weighted by Gasteiger charge is 2.15. The summed E-state index contributed by atoms with van der Waals surface area (Å²) in [6, 6.07) is 12.2. The molecule has 0 saturated carbocycles. The van der Waals surface area contributed by atoms with Crippen molar-refractivity contribution in [3.63, 3.8) is 0 Å². The van der Waals surface area contributed by atoms with E-state index in [0.717, 1.165) is 16.0 Å². The van der Waals surface area contributed by atoms with Gasteiger partial charge in [-0.15, -0.1) is 11.3 Å². The molecule has 2 aromatic carbocycles. The van der Waals surface area contributed by atoms with Gasteiger partial charge in [0.25, 0.3) is 0 Å². The number of aromatic amines is 1. The third-order valence-electron chi connectivity index (χ3n) is 4.40. The quantitative estimate of drug-likeness (QED) is 0.355. The molecule has 0 fully saturated rings. The first kappa shape index (κ1) is 21.8. The van der Waals surface area contributed by atoms with E-state index in [2.05, 4.69) is 9.72 Å². The van der Waals surface area contributed by atoms with Crippen molar-refractivity contribution >= 4 is 29.5 Å². The Balaban J connectivity index is 1.71. The van der Waals surface area contributed by atoms with Crippen molar-refractivity contribution in [3.8, 4) is 23.1 Å². The number of carbonyl (C=O) groups is 1. The Morgan fingerprint density at radius 1 is 1.17 bits per heavy atom. The van der Waals surface area contributed by atoms with E-state index in [0.29, 0.717) is 34.0 Å². The van der Waals surface area contributed by atoms with Gasteiger partial charge < -0.3 is 30.0 Å². The van der Waals surface area contributed by atoms with Crippen molar-refractivity contribution in [1.29, 1.82) is 0 Å². The fourth-order valence-electron chi connectivity index (χ4n) is 2.87.